The van der Waals surface area contributed by atoms with Crippen LogP contribution in [-0.4, -0.2) is 18.2 Å². The minimum absolute atomic E-state index is 0.137. The van der Waals surface area contributed by atoms with Crippen molar-refractivity contribution in [3.63, 3.8) is 0 Å². The summed E-state index contributed by atoms with van der Waals surface area (Å²) < 4.78 is 24.5. The number of rotatable bonds is 6. The van der Waals surface area contributed by atoms with E-state index in [0.717, 1.165) is 16.8 Å². The minimum atomic E-state index is -2.45. The Morgan fingerprint density at radius 2 is 1.83 bits per heavy atom. The number of hydrogen-bond acceptors (Lipinski definition) is 3. The van der Waals surface area contributed by atoms with Gasteiger partial charge in [0.2, 0.25) is 5.91 Å². The van der Waals surface area contributed by atoms with Crippen molar-refractivity contribution in [1.82, 2.24) is 0 Å². The fourth-order valence-electron chi connectivity index (χ4n) is 2.03. The molecule has 2 rings (SSSR count). The van der Waals surface area contributed by atoms with E-state index in [1.807, 2.05) is 32.0 Å². The molecule has 0 heterocycles. The van der Waals surface area contributed by atoms with Gasteiger partial charge < -0.3 is 10.6 Å². The zero-order valence-corrected chi connectivity index (χ0v) is 13.7. The first-order valence-electron chi connectivity index (χ1n) is 7.10. The normalized spacial score (nSPS) is 10.7. The van der Waals surface area contributed by atoms with E-state index in [0.29, 0.717) is 22.3 Å². The maximum atomic E-state index is 12.2. The van der Waals surface area contributed by atoms with Gasteiger partial charge in [0.25, 0.3) is 5.76 Å². The summed E-state index contributed by atoms with van der Waals surface area (Å²) >= 11 is 0.478. The monoisotopic (exact) mass is 336 g/mol. The molecular formula is C17H18F2N2OS. The van der Waals surface area contributed by atoms with E-state index < -0.39 is 5.76 Å². The molecule has 2 aromatic rings. The Hall–Kier alpha value is -2.08. The van der Waals surface area contributed by atoms with Crippen LogP contribution in [0.4, 0.5) is 20.2 Å². The van der Waals surface area contributed by atoms with Crippen molar-refractivity contribution < 1.29 is 13.6 Å². The van der Waals surface area contributed by atoms with Gasteiger partial charge >= 0.3 is 0 Å². The number of nitrogens with one attached hydrogen (secondary N) is 2. The lowest BCUT2D eigenvalue weighted by atomic mass is 10.1. The molecule has 0 saturated heterocycles. The third-order valence-electron chi connectivity index (χ3n) is 3.20. The second-order valence-electron chi connectivity index (χ2n) is 5.12. The molecule has 0 radical (unpaired) electrons. The molecule has 0 aliphatic carbocycles. The highest BCUT2D eigenvalue weighted by atomic mass is 32.2. The minimum Gasteiger partial charge on any atom is -0.376 e. The van der Waals surface area contributed by atoms with E-state index in [-0.39, 0.29) is 12.5 Å². The summed E-state index contributed by atoms with van der Waals surface area (Å²) in [6, 6.07) is 12.3. The second kappa shape index (κ2) is 7.97. The molecule has 122 valence electrons. The number of anilines is 2. The molecule has 0 saturated carbocycles. The van der Waals surface area contributed by atoms with Crippen LogP contribution in [0.25, 0.3) is 0 Å². The molecule has 0 aliphatic heterocycles. The first-order chi connectivity index (χ1) is 10.9. The number of amides is 1. The van der Waals surface area contributed by atoms with E-state index >= 15 is 0 Å². The maximum absolute atomic E-state index is 12.2. The number of carbonyl (C=O) groups is 1. The lowest BCUT2D eigenvalue weighted by molar-refractivity contribution is -0.114. The molecule has 6 heteroatoms. The van der Waals surface area contributed by atoms with Crippen molar-refractivity contribution in [3.8, 4) is 0 Å². The second-order valence-corrected chi connectivity index (χ2v) is 6.19. The number of carbonyl (C=O) groups excluding carboxylic acids is 1. The average Bonchev–Trinajstić information content (AvgIpc) is 2.50. The van der Waals surface area contributed by atoms with E-state index in [9.17, 15) is 13.6 Å². The molecular weight excluding hydrogens is 318 g/mol. The summed E-state index contributed by atoms with van der Waals surface area (Å²) in [5.41, 5.74) is 3.68. The summed E-state index contributed by atoms with van der Waals surface area (Å²) in [6.45, 7) is 4.10. The molecule has 0 aromatic heterocycles. The Balaban J connectivity index is 1.88. The van der Waals surface area contributed by atoms with E-state index in [1.54, 1.807) is 24.3 Å². The maximum Gasteiger partial charge on any atom is 0.288 e. The van der Waals surface area contributed by atoms with Gasteiger partial charge in [0.15, 0.2) is 0 Å². The molecule has 0 bridgehead atoms. The number of aryl methyl sites for hydroxylation is 2. The standard InChI is InChI=1S/C17H18F2N2OS/c1-11-3-4-12(2)15(9-11)20-10-16(22)21-13-5-7-14(8-6-13)23-17(18)19/h3-9,17,20H,10H2,1-2H3,(H,21,22). The summed E-state index contributed by atoms with van der Waals surface area (Å²) in [4.78, 5) is 12.4. The van der Waals surface area contributed by atoms with Gasteiger partial charge in [0.05, 0.1) is 6.54 Å². The molecule has 1 amide bonds. The highest BCUT2D eigenvalue weighted by Crippen LogP contribution is 2.26. The highest BCUT2D eigenvalue weighted by molar-refractivity contribution is 7.99. The summed E-state index contributed by atoms with van der Waals surface area (Å²) in [6.07, 6.45) is 0. The van der Waals surface area contributed by atoms with Crippen LogP contribution in [0.15, 0.2) is 47.4 Å². The molecule has 3 nitrogen and oxygen atoms in total. The van der Waals surface area contributed by atoms with Crippen LogP contribution in [-0.2, 0) is 4.79 Å². The third-order valence-corrected chi connectivity index (χ3v) is 3.92. The Bertz CT molecular complexity index is 675. The van der Waals surface area contributed by atoms with E-state index in [1.165, 1.54) is 0 Å². The van der Waals surface area contributed by atoms with Gasteiger partial charge in [0, 0.05) is 16.3 Å². The van der Waals surface area contributed by atoms with Gasteiger partial charge in [0.1, 0.15) is 0 Å². The molecule has 2 aromatic carbocycles. The summed E-state index contributed by atoms with van der Waals surface area (Å²) in [5, 5.41) is 5.82. The molecule has 23 heavy (non-hydrogen) atoms. The Morgan fingerprint density at radius 1 is 1.13 bits per heavy atom. The number of hydrogen-bond donors (Lipinski definition) is 2. The van der Waals surface area contributed by atoms with Crippen LogP contribution in [0, 0.1) is 13.8 Å². The Morgan fingerprint density at radius 3 is 2.48 bits per heavy atom. The van der Waals surface area contributed by atoms with Crippen LogP contribution >= 0.6 is 11.8 Å². The van der Waals surface area contributed by atoms with Crippen LogP contribution < -0.4 is 10.6 Å². The summed E-state index contributed by atoms with van der Waals surface area (Å²) in [5.74, 6) is -2.64. The average molecular weight is 336 g/mol. The zero-order chi connectivity index (χ0) is 16.8. The molecule has 0 spiro atoms. The van der Waals surface area contributed by atoms with Gasteiger partial charge in [-0.15, -0.1) is 0 Å². The highest BCUT2D eigenvalue weighted by Gasteiger charge is 2.07. The molecule has 0 atom stereocenters. The van der Waals surface area contributed by atoms with Gasteiger partial charge in [-0.25, -0.2) is 0 Å². The molecule has 0 fully saturated rings. The summed E-state index contributed by atoms with van der Waals surface area (Å²) in [7, 11) is 0. The molecule has 0 aliphatic rings. The topological polar surface area (TPSA) is 41.1 Å². The predicted molar refractivity (Wildman–Crippen MR) is 91.3 cm³/mol. The molecule has 2 N–H and O–H groups in total. The third kappa shape index (κ3) is 5.56. The number of benzene rings is 2. The number of thioether (sulfide) groups is 1. The van der Waals surface area contributed by atoms with Crippen LogP contribution in [0.1, 0.15) is 11.1 Å². The lowest BCUT2D eigenvalue weighted by Gasteiger charge is -2.11. The predicted octanol–water partition coefficient (Wildman–Crippen LogP) is 4.67. The number of halogens is 2. The van der Waals surface area contributed by atoms with Crippen molar-refractivity contribution in [2.45, 2.75) is 24.5 Å². The largest absolute Gasteiger partial charge is 0.376 e. The van der Waals surface area contributed by atoms with Crippen molar-refractivity contribution in [3.05, 3.63) is 53.6 Å². The Kier molecular flexibility index (Phi) is 5.98. The number of alkyl halides is 2. The van der Waals surface area contributed by atoms with E-state index in [2.05, 4.69) is 10.6 Å². The van der Waals surface area contributed by atoms with Gasteiger partial charge in [-0.3, -0.25) is 4.79 Å². The quantitative estimate of drug-likeness (QED) is 0.753. The fraction of sp³-hybridized carbons (Fsp3) is 0.235. The van der Waals surface area contributed by atoms with Crippen LogP contribution in [0.3, 0.4) is 0 Å². The first kappa shape index (κ1) is 17.3. The van der Waals surface area contributed by atoms with Crippen molar-refractivity contribution >= 4 is 29.0 Å². The van der Waals surface area contributed by atoms with Crippen LogP contribution in [0.2, 0.25) is 0 Å². The van der Waals surface area contributed by atoms with Gasteiger partial charge in [-0.05, 0) is 55.3 Å². The van der Waals surface area contributed by atoms with E-state index in [4.69, 9.17) is 0 Å². The van der Waals surface area contributed by atoms with Crippen molar-refractivity contribution in [2.75, 3.05) is 17.2 Å². The van der Waals surface area contributed by atoms with Gasteiger partial charge in [-0.1, -0.05) is 23.9 Å². The lowest BCUT2D eigenvalue weighted by Crippen LogP contribution is -2.22. The first-order valence-corrected chi connectivity index (χ1v) is 7.98. The SMILES string of the molecule is Cc1ccc(C)c(NCC(=O)Nc2ccc(SC(F)F)cc2)c1. The zero-order valence-electron chi connectivity index (χ0n) is 12.9. The Labute approximate surface area is 138 Å². The smallest absolute Gasteiger partial charge is 0.288 e. The fourth-order valence-corrected chi connectivity index (χ4v) is 2.53. The van der Waals surface area contributed by atoms with Gasteiger partial charge in [-0.2, -0.15) is 8.78 Å². The van der Waals surface area contributed by atoms with Crippen molar-refractivity contribution in [1.29, 1.82) is 0 Å². The van der Waals surface area contributed by atoms with Crippen LogP contribution in [0.5, 0.6) is 0 Å². The van der Waals surface area contributed by atoms with Crippen molar-refractivity contribution in [2.24, 2.45) is 0 Å². The molecule has 0 unspecified atom stereocenters.